The van der Waals surface area contributed by atoms with Gasteiger partial charge in [-0.15, -0.1) is 0 Å². The van der Waals surface area contributed by atoms with E-state index in [2.05, 4.69) is 10.3 Å². The molecule has 2 N–H and O–H groups in total. The van der Waals surface area contributed by atoms with Crippen molar-refractivity contribution in [2.45, 2.75) is 44.1 Å². The largest absolute Gasteiger partial charge is 0.388 e. The maximum absolute atomic E-state index is 12.1. The molecule has 0 spiro atoms. The number of nitrogens with zero attached hydrogens (tertiary/aromatic N) is 1. The quantitative estimate of drug-likeness (QED) is 0.665. The van der Waals surface area contributed by atoms with E-state index in [-0.39, 0.29) is 28.3 Å². The first kappa shape index (κ1) is 15.5. The number of nitrogens with one attached hydrogen (secondary N) is 1. The number of carbonyl (C=O) groups is 1. The van der Waals surface area contributed by atoms with E-state index in [1.165, 1.54) is 12.1 Å². The van der Waals surface area contributed by atoms with Gasteiger partial charge in [-0.2, -0.15) is 0 Å². The number of aromatic nitrogens is 1. The highest BCUT2D eigenvalue weighted by molar-refractivity contribution is 6.34. The Morgan fingerprint density at radius 3 is 2.50 bits per heavy atom. The summed E-state index contributed by atoms with van der Waals surface area (Å²) in [5.74, 6) is -0.336. The maximum atomic E-state index is 12.1. The normalized spacial score (nSPS) is 18.4. The molecule has 1 aromatic rings. The number of rotatable bonds is 3. The Morgan fingerprint density at radius 1 is 1.25 bits per heavy atom. The summed E-state index contributed by atoms with van der Waals surface area (Å²) in [7, 11) is 0. The van der Waals surface area contributed by atoms with E-state index in [1.54, 1.807) is 0 Å². The summed E-state index contributed by atoms with van der Waals surface area (Å²) in [4.78, 5) is 15.9. The van der Waals surface area contributed by atoms with E-state index in [0.717, 1.165) is 38.5 Å². The molecule has 1 aliphatic carbocycles. The lowest BCUT2D eigenvalue weighted by Crippen LogP contribution is -2.42. The molecule has 0 radical (unpaired) electrons. The summed E-state index contributed by atoms with van der Waals surface area (Å²) < 4.78 is 0. The number of halogens is 2. The molecule has 1 aliphatic rings. The van der Waals surface area contributed by atoms with E-state index in [1.807, 2.05) is 0 Å². The first-order valence-corrected chi connectivity index (χ1v) is 7.58. The van der Waals surface area contributed by atoms with Gasteiger partial charge in [0, 0.05) is 6.54 Å². The van der Waals surface area contributed by atoms with Crippen LogP contribution < -0.4 is 5.32 Å². The average molecular weight is 317 g/mol. The summed E-state index contributed by atoms with van der Waals surface area (Å²) in [5, 5.41) is 13.5. The van der Waals surface area contributed by atoms with Gasteiger partial charge in [-0.1, -0.05) is 48.9 Å². The highest BCUT2D eigenvalue weighted by Gasteiger charge is 2.28. The molecule has 0 aromatic carbocycles. The number of carbonyl (C=O) groups excluding carboxylic acids is 1. The van der Waals surface area contributed by atoms with Crippen LogP contribution in [0.3, 0.4) is 0 Å². The van der Waals surface area contributed by atoms with E-state index >= 15 is 0 Å². The zero-order valence-corrected chi connectivity index (χ0v) is 12.7. The molecule has 4 nitrogen and oxygen atoms in total. The third-order valence-electron chi connectivity index (χ3n) is 3.67. The van der Waals surface area contributed by atoms with E-state index < -0.39 is 5.60 Å². The number of hydrogen-bond donors (Lipinski definition) is 2. The molecule has 1 heterocycles. The molecule has 0 saturated heterocycles. The van der Waals surface area contributed by atoms with Crippen molar-refractivity contribution in [3.8, 4) is 0 Å². The van der Waals surface area contributed by atoms with E-state index in [9.17, 15) is 9.90 Å². The van der Waals surface area contributed by atoms with Crippen LogP contribution in [-0.4, -0.2) is 28.1 Å². The summed E-state index contributed by atoms with van der Waals surface area (Å²) >= 11 is 11.6. The molecule has 1 aromatic heterocycles. The maximum Gasteiger partial charge on any atom is 0.254 e. The van der Waals surface area contributed by atoms with Gasteiger partial charge in [0.2, 0.25) is 0 Å². The Labute approximate surface area is 128 Å². The van der Waals surface area contributed by atoms with Gasteiger partial charge in [-0.05, 0) is 25.0 Å². The van der Waals surface area contributed by atoms with Crippen molar-refractivity contribution < 1.29 is 9.90 Å². The third kappa shape index (κ3) is 4.08. The van der Waals surface area contributed by atoms with Gasteiger partial charge in [0.05, 0.1) is 11.2 Å². The van der Waals surface area contributed by atoms with E-state index in [4.69, 9.17) is 23.2 Å². The molecule has 0 aliphatic heterocycles. The Bertz CT molecular complexity index is 486. The number of aliphatic hydroxyl groups is 1. The van der Waals surface area contributed by atoms with E-state index in [0.29, 0.717) is 0 Å². The van der Waals surface area contributed by atoms with Gasteiger partial charge in [0.25, 0.3) is 5.91 Å². The zero-order chi connectivity index (χ0) is 14.6. The fourth-order valence-electron chi connectivity index (χ4n) is 2.48. The molecule has 110 valence electrons. The number of pyridine rings is 1. The molecule has 1 amide bonds. The van der Waals surface area contributed by atoms with Gasteiger partial charge in [-0.25, -0.2) is 4.98 Å². The van der Waals surface area contributed by atoms with Crippen LogP contribution in [0.15, 0.2) is 12.1 Å². The smallest absolute Gasteiger partial charge is 0.254 e. The van der Waals surface area contributed by atoms with Crippen LogP contribution in [0.2, 0.25) is 10.3 Å². The second-order valence-corrected chi connectivity index (χ2v) is 6.04. The molecule has 0 unspecified atom stereocenters. The fraction of sp³-hybridized carbons (Fsp3) is 0.571. The molecule has 2 rings (SSSR count). The lowest BCUT2D eigenvalue weighted by Gasteiger charge is -2.26. The van der Waals surface area contributed by atoms with Crippen molar-refractivity contribution in [1.29, 1.82) is 0 Å². The van der Waals surface area contributed by atoms with Crippen molar-refractivity contribution in [2.24, 2.45) is 0 Å². The van der Waals surface area contributed by atoms with Gasteiger partial charge < -0.3 is 10.4 Å². The number of hydrogen-bond acceptors (Lipinski definition) is 3. The lowest BCUT2D eigenvalue weighted by atomic mass is 9.94. The van der Waals surface area contributed by atoms with Gasteiger partial charge >= 0.3 is 0 Å². The van der Waals surface area contributed by atoms with Crippen LogP contribution in [0.4, 0.5) is 0 Å². The molecule has 6 heteroatoms. The Morgan fingerprint density at radius 2 is 1.90 bits per heavy atom. The van der Waals surface area contributed by atoms with Crippen molar-refractivity contribution in [3.05, 3.63) is 28.0 Å². The number of amides is 1. The highest BCUT2D eigenvalue weighted by Crippen LogP contribution is 2.26. The monoisotopic (exact) mass is 316 g/mol. The van der Waals surface area contributed by atoms with Gasteiger partial charge in [0.1, 0.15) is 10.3 Å². The topological polar surface area (TPSA) is 62.2 Å². The molecule has 1 saturated carbocycles. The Hall–Kier alpha value is -0.840. The molecular weight excluding hydrogens is 299 g/mol. The zero-order valence-electron chi connectivity index (χ0n) is 11.2. The second kappa shape index (κ2) is 6.74. The summed E-state index contributed by atoms with van der Waals surface area (Å²) in [5.41, 5.74) is -0.535. The average Bonchev–Trinajstić information content (AvgIpc) is 2.61. The Balaban J connectivity index is 1.97. The van der Waals surface area contributed by atoms with Crippen LogP contribution >= 0.6 is 23.2 Å². The Kier molecular flexibility index (Phi) is 5.24. The first-order valence-electron chi connectivity index (χ1n) is 6.83. The van der Waals surface area contributed by atoms with Crippen molar-refractivity contribution in [1.82, 2.24) is 10.3 Å². The molecular formula is C14H18Cl2N2O2. The lowest BCUT2D eigenvalue weighted by molar-refractivity contribution is 0.0246. The van der Waals surface area contributed by atoms with Gasteiger partial charge in [0.15, 0.2) is 0 Å². The van der Waals surface area contributed by atoms with Crippen LogP contribution in [-0.2, 0) is 0 Å². The van der Waals surface area contributed by atoms with Crippen molar-refractivity contribution >= 4 is 29.1 Å². The predicted molar refractivity (Wildman–Crippen MR) is 79.2 cm³/mol. The van der Waals surface area contributed by atoms with Crippen molar-refractivity contribution in [3.63, 3.8) is 0 Å². The SMILES string of the molecule is O=C(NCC1(O)CCCCCC1)c1ccc(Cl)nc1Cl. The third-order valence-corrected chi connectivity index (χ3v) is 4.17. The first-order chi connectivity index (χ1) is 9.50. The minimum atomic E-state index is -0.807. The molecule has 20 heavy (non-hydrogen) atoms. The minimum Gasteiger partial charge on any atom is -0.388 e. The summed E-state index contributed by atoms with van der Waals surface area (Å²) in [6.07, 6.45) is 5.72. The van der Waals surface area contributed by atoms with Crippen LogP contribution in [0.25, 0.3) is 0 Å². The highest BCUT2D eigenvalue weighted by atomic mass is 35.5. The second-order valence-electron chi connectivity index (χ2n) is 5.29. The van der Waals surface area contributed by atoms with Crippen LogP contribution in [0.1, 0.15) is 48.9 Å². The molecule has 0 bridgehead atoms. The fourth-order valence-corrected chi connectivity index (χ4v) is 2.92. The molecule has 1 fully saturated rings. The summed E-state index contributed by atoms with van der Waals surface area (Å²) in [6, 6.07) is 3.05. The minimum absolute atomic E-state index is 0.0721. The predicted octanol–water partition coefficient (Wildman–Crippen LogP) is 3.20. The standard InChI is InChI=1S/C14H18Cl2N2O2/c15-11-6-5-10(12(16)18-11)13(19)17-9-14(20)7-3-1-2-4-8-14/h5-6,20H,1-4,7-9H2,(H,17,19). The summed E-state index contributed by atoms with van der Waals surface area (Å²) in [6.45, 7) is 0.241. The van der Waals surface area contributed by atoms with Crippen molar-refractivity contribution in [2.75, 3.05) is 6.54 Å². The molecule has 0 atom stereocenters. The van der Waals surface area contributed by atoms with Gasteiger partial charge in [-0.3, -0.25) is 4.79 Å². The van der Waals surface area contributed by atoms with Crippen LogP contribution in [0.5, 0.6) is 0 Å². The van der Waals surface area contributed by atoms with Crippen LogP contribution in [0, 0.1) is 0 Å².